The van der Waals surface area contributed by atoms with Gasteiger partial charge in [0.05, 0.1) is 11.1 Å². The molecule has 32 heavy (non-hydrogen) atoms. The van der Waals surface area contributed by atoms with E-state index in [1.165, 1.54) is 22.7 Å². The van der Waals surface area contributed by atoms with Crippen molar-refractivity contribution in [2.45, 2.75) is 56.9 Å². The molecule has 1 amide bonds. The van der Waals surface area contributed by atoms with Crippen LogP contribution in [-0.4, -0.2) is 46.4 Å². The van der Waals surface area contributed by atoms with E-state index in [0.29, 0.717) is 13.1 Å². The molecule has 1 aromatic heterocycles. The van der Waals surface area contributed by atoms with Gasteiger partial charge in [-0.1, -0.05) is 38.0 Å². The van der Waals surface area contributed by atoms with Crippen LogP contribution in [0, 0.1) is 0 Å². The number of aliphatic hydroxyl groups excluding tert-OH is 1. The summed E-state index contributed by atoms with van der Waals surface area (Å²) in [4.78, 5) is 26.6. The molecule has 6 heteroatoms. The average Bonchev–Trinajstić information content (AvgIpc) is 3.41. The highest BCUT2D eigenvalue weighted by atomic mass is 16.3. The number of aryl methyl sites for hydroxylation is 1. The number of hydrogen-bond acceptors (Lipinski definition) is 4. The maximum atomic E-state index is 12.5. The number of carbonyl (C=O) groups is 2. The van der Waals surface area contributed by atoms with Crippen molar-refractivity contribution in [2.75, 3.05) is 20.1 Å². The summed E-state index contributed by atoms with van der Waals surface area (Å²) in [7, 11) is 1.86. The average molecular weight is 436 g/mol. The van der Waals surface area contributed by atoms with Gasteiger partial charge in [-0.25, -0.2) is 0 Å². The fourth-order valence-corrected chi connectivity index (χ4v) is 5.23. The standard InChI is InChI=1S/C26H33N3O3/c1-19-24(31)23(30)17-28(2)18-26(12-5-6-13-26)29-15-11-21-10-9-20(16-22(21)29)8-4-3-7-14-27-25(19)32/h9-11,15-17,30H,1,3-8,12-14,18H2,2H3,(H,27,32)/b23-17+. The molecule has 1 spiro atoms. The van der Waals surface area contributed by atoms with E-state index in [2.05, 4.69) is 46.9 Å². The molecular formula is C26H33N3O3. The van der Waals surface area contributed by atoms with Crippen LogP contribution in [0.4, 0.5) is 0 Å². The van der Waals surface area contributed by atoms with E-state index in [0.717, 1.165) is 51.4 Å². The predicted octanol–water partition coefficient (Wildman–Crippen LogP) is 4.21. The third-order valence-corrected chi connectivity index (χ3v) is 6.90. The monoisotopic (exact) mass is 435 g/mol. The van der Waals surface area contributed by atoms with Gasteiger partial charge in [-0.05, 0) is 55.2 Å². The van der Waals surface area contributed by atoms with Crippen molar-refractivity contribution in [1.29, 1.82) is 0 Å². The molecule has 1 fully saturated rings. The van der Waals surface area contributed by atoms with Gasteiger partial charge in [0.15, 0.2) is 5.76 Å². The van der Waals surface area contributed by atoms with Crippen molar-refractivity contribution in [3.8, 4) is 0 Å². The van der Waals surface area contributed by atoms with Crippen LogP contribution in [0.3, 0.4) is 0 Å². The molecule has 170 valence electrons. The molecule has 1 saturated carbocycles. The Kier molecular flexibility index (Phi) is 6.40. The van der Waals surface area contributed by atoms with Gasteiger partial charge in [0.1, 0.15) is 0 Å². The number of rotatable bonds is 0. The van der Waals surface area contributed by atoms with Crippen LogP contribution in [0.15, 0.2) is 54.6 Å². The van der Waals surface area contributed by atoms with E-state index in [1.807, 2.05) is 11.9 Å². The maximum absolute atomic E-state index is 12.5. The van der Waals surface area contributed by atoms with E-state index in [9.17, 15) is 14.7 Å². The third kappa shape index (κ3) is 4.45. The molecule has 2 aromatic rings. The minimum atomic E-state index is -0.730. The van der Waals surface area contributed by atoms with Gasteiger partial charge in [0.2, 0.25) is 5.78 Å². The van der Waals surface area contributed by atoms with Gasteiger partial charge in [-0.2, -0.15) is 0 Å². The molecule has 0 saturated heterocycles. The quantitative estimate of drug-likeness (QED) is 0.480. The van der Waals surface area contributed by atoms with Crippen molar-refractivity contribution in [3.05, 3.63) is 60.1 Å². The molecule has 2 bridgehead atoms. The van der Waals surface area contributed by atoms with E-state index in [4.69, 9.17) is 0 Å². The van der Waals surface area contributed by atoms with Gasteiger partial charge in [-0.3, -0.25) is 9.59 Å². The van der Waals surface area contributed by atoms with Crippen molar-refractivity contribution < 1.29 is 14.7 Å². The lowest BCUT2D eigenvalue weighted by Crippen LogP contribution is -2.40. The van der Waals surface area contributed by atoms with Crippen LogP contribution < -0.4 is 5.32 Å². The SMILES string of the molecule is C=C1C(=O)NCCCCCc2ccc3ccn(c3c2)C2(CCCC2)CN(C)/C=C(/O)C1=O. The van der Waals surface area contributed by atoms with Gasteiger partial charge < -0.3 is 19.9 Å². The van der Waals surface area contributed by atoms with Crippen LogP contribution in [0.25, 0.3) is 10.9 Å². The molecule has 0 unspecified atom stereocenters. The normalized spacial score (nSPS) is 22.6. The Balaban J connectivity index is 1.71. The molecule has 1 aliphatic heterocycles. The van der Waals surface area contributed by atoms with Crippen molar-refractivity contribution in [3.63, 3.8) is 0 Å². The number of Topliss-reactive ketones (excluding diaryl/α,β-unsaturated/α-hetero) is 1. The first-order valence-electron chi connectivity index (χ1n) is 11.6. The van der Waals surface area contributed by atoms with Crippen molar-refractivity contribution in [2.24, 2.45) is 0 Å². The number of hydrogen-bond donors (Lipinski definition) is 2. The summed E-state index contributed by atoms with van der Waals surface area (Å²) >= 11 is 0. The van der Waals surface area contributed by atoms with E-state index < -0.39 is 17.4 Å². The summed E-state index contributed by atoms with van der Waals surface area (Å²) in [5, 5.41) is 14.4. The highest BCUT2D eigenvalue weighted by Gasteiger charge is 2.37. The summed E-state index contributed by atoms with van der Waals surface area (Å²) in [5.74, 6) is -1.71. The van der Waals surface area contributed by atoms with Crippen LogP contribution in [-0.2, 0) is 21.5 Å². The summed E-state index contributed by atoms with van der Waals surface area (Å²) < 4.78 is 2.41. The molecule has 1 aromatic carbocycles. The minimum absolute atomic E-state index is 0.102. The number of fused-ring (bicyclic) bond motifs is 2. The zero-order chi connectivity index (χ0) is 22.7. The van der Waals surface area contributed by atoms with Gasteiger partial charge in [-0.15, -0.1) is 0 Å². The van der Waals surface area contributed by atoms with Crippen LogP contribution in [0.2, 0.25) is 0 Å². The Morgan fingerprint density at radius 2 is 1.84 bits per heavy atom. The first kappa shape index (κ1) is 22.2. The Labute approximate surface area is 189 Å². The zero-order valence-electron chi connectivity index (χ0n) is 18.9. The van der Waals surface area contributed by atoms with Gasteiger partial charge >= 0.3 is 0 Å². The van der Waals surface area contributed by atoms with Crippen LogP contribution in [0.5, 0.6) is 0 Å². The lowest BCUT2D eigenvalue weighted by Gasteiger charge is -2.36. The Morgan fingerprint density at radius 1 is 1.06 bits per heavy atom. The van der Waals surface area contributed by atoms with Crippen LogP contribution >= 0.6 is 0 Å². The number of likely N-dealkylation sites (N-methyl/N-ethyl adjacent to an activating group) is 1. The fourth-order valence-electron chi connectivity index (χ4n) is 5.23. The largest absolute Gasteiger partial charge is 0.503 e. The number of benzene rings is 1. The topological polar surface area (TPSA) is 74.6 Å². The third-order valence-electron chi connectivity index (χ3n) is 6.90. The highest BCUT2D eigenvalue weighted by Crippen LogP contribution is 2.40. The maximum Gasteiger partial charge on any atom is 0.254 e. The fraction of sp³-hybridized carbons (Fsp3) is 0.462. The minimum Gasteiger partial charge on any atom is -0.503 e. The Hall–Kier alpha value is -3.02. The number of aromatic nitrogens is 1. The molecule has 0 atom stereocenters. The summed E-state index contributed by atoms with van der Waals surface area (Å²) in [6, 6.07) is 8.93. The molecule has 2 aliphatic rings. The Morgan fingerprint density at radius 3 is 2.62 bits per heavy atom. The second-order valence-corrected chi connectivity index (χ2v) is 9.31. The van der Waals surface area contributed by atoms with Gasteiger partial charge in [0.25, 0.3) is 5.91 Å². The smallest absolute Gasteiger partial charge is 0.254 e. The van der Waals surface area contributed by atoms with Crippen LogP contribution in [0.1, 0.15) is 50.5 Å². The number of carbonyl (C=O) groups excluding carboxylic acids is 2. The number of nitrogens with one attached hydrogen (secondary N) is 1. The first-order valence-corrected chi connectivity index (χ1v) is 11.6. The zero-order valence-corrected chi connectivity index (χ0v) is 18.9. The second-order valence-electron chi connectivity index (χ2n) is 9.31. The first-order chi connectivity index (χ1) is 15.4. The predicted molar refractivity (Wildman–Crippen MR) is 126 cm³/mol. The molecule has 6 nitrogen and oxygen atoms in total. The molecule has 4 rings (SSSR count). The summed E-state index contributed by atoms with van der Waals surface area (Å²) in [6.07, 6.45) is 11.9. The molecule has 2 N–H and O–H groups in total. The van der Waals surface area contributed by atoms with Gasteiger partial charge in [0, 0.05) is 38.1 Å². The highest BCUT2D eigenvalue weighted by molar-refractivity contribution is 6.24. The number of amides is 1. The summed E-state index contributed by atoms with van der Waals surface area (Å²) in [5.41, 5.74) is 2.25. The van der Waals surface area contributed by atoms with Crippen molar-refractivity contribution in [1.82, 2.24) is 14.8 Å². The van der Waals surface area contributed by atoms with E-state index in [1.54, 1.807) is 0 Å². The van der Waals surface area contributed by atoms with E-state index in [-0.39, 0.29) is 11.1 Å². The number of allylic oxidation sites excluding steroid dienone is 1. The number of nitrogens with zero attached hydrogens (tertiary/aromatic N) is 2. The lowest BCUT2D eigenvalue weighted by atomic mass is 9.95. The molecule has 0 radical (unpaired) electrons. The van der Waals surface area contributed by atoms with E-state index >= 15 is 0 Å². The summed E-state index contributed by atoms with van der Waals surface area (Å²) in [6.45, 7) is 4.75. The number of aliphatic hydroxyl groups is 1. The van der Waals surface area contributed by atoms with Crippen molar-refractivity contribution >= 4 is 22.6 Å². The Bertz CT molecular complexity index is 1060. The second kappa shape index (κ2) is 9.23. The lowest BCUT2D eigenvalue weighted by molar-refractivity contribution is -0.122. The molecule has 2 heterocycles. The molecular weight excluding hydrogens is 402 g/mol. The molecule has 1 aliphatic carbocycles. The number of ketones is 1.